The first-order valence-corrected chi connectivity index (χ1v) is 9.24. The molecule has 0 fully saturated rings. The molecule has 0 spiro atoms. The molecule has 0 bridgehead atoms. The molecule has 0 saturated carbocycles. The van der Waals surface area contributed by atoms with E-state index in [1.807, 2.05) is 0 Å². The minimum absolute atomic E-state index is 0.0207. The lowest BCUT2D eigenvalue weighted by molar-refractivity contribution is 0.259. The third-order valence-corrected chi connectivity index (χ3v) is 5.09. The number of amides is 2. The fourth-order valence-corrected chi connectivity index (χ4v) is 3.35. The molecule has 0 aliphatic heterocycles. The second kappa shape index (κ2) is 8.60. The summed E-state index contributed by atoms with van der Waals surface area (Å²) < 4.78 is 43.2. The first-order chi connectivity index (χ1) is 12.8. The molecule has 10 heteroatoms. The number of benzene rings is 2. The number of sulfonamides is 1. The summed E-state index contributed by atoms with van der Waals surface area (Å²) in [7, 11) is 0.673. The van der Waals surface area contributed by atoms with Crippen molar-refractivity contribution in [2.45, 2.75) is 11.4 Å². The standard InChI is InChI=1S/C17H21N3O6S/c1-24-14-9-16(26-3)15(25-2)8-11(14)10-19-27(22,23)13-6-4-12(5-7-13)20-17(18)21/h4-9,19H,10H2,1-3H3,(H3,18,20,21). The largest absolute Gasteiger partial charge is 0.496 e. The van der Waals surface area contributed by atoms with E-state index in [1.165, 1.54) is 45.6 Å². The summed E-state index contributed by atoms with van der Waals surface area (Å²) in [5.74, 6) is 1.38. The predicted molar refractivity (Wildman–Crippen MR) is 99.8 cm³/mol. The van der Waals surface area contributed by atoms with E-state index in [4.69, 9.17) is 19.9 Å². The highest BCUT2D eigenvalue weighted by molar-refractivity contribution is 7.89. The molecule has 0 aliphatic rings. The van der Waals surface area contributed by atoms with E-state index in [1.54, 1.807) is 12.1 Å². The summed E-state index contributed by atoms with van der Waals surface area (Å²) >= 11 is 0. The van der Waals surface area contributed by atoms with Crippen LogP contribution in [0.4, 0.5) is 10.5 Å². The van der Waals surface area contributed by atoms with E-state index in [-0.39, 0.29) is 11.4 Å². The summed E-state index contributed by atoms with van der Waals surface area (Å²) in [5, 5.41) is 2.36. The van der Waals surface area contributed by atoms with Gasteiger partial charge in [-0.2, -0.15) is 0 Å². The number of nitrogens with two attached hydrogens (primary N) is 1. The molecule has 2 aromatic carbocycles. The number of carbonyl (C=O) groups excluding carboxylic acids is 1. The minimum atomic E-state index is -3.79. The van der Waals surface area contributed by atoms with Crippen LogP contribution < -0.4 is 30.0 Å². The zero-order chi connectivity index (χ0) is 20.0. The van der Waals surface area contributed by atoms with Crippen LogP contribution in [-0.2, 0) is 16.6 Å². The normalized spacial score (nSPS) is 10.9. The van der Waals surface area contributed by atoms with Crippen LogP contribution in [0.3, 0.4) is 0 Å². The SMILES string of the molecule is COc1cc(OC)c(OC)cc1CNS(=O)(=O)c1ccc(NC(N)=O)cc1. The Morgan fingerprint density at radius 2 is 1.52 bits per heavy atom. The molecule has 0 saturated heterocycles. The maximum Gasteiger partial charge on any atom is 0.316 e. The van der Waals surface area contributed by atoms with E-state index >= 15 is 0 Å². The molecule has 27 heavy (non-hydrogen) atoms. The van der Waals surface area contributed by atoms with Gasteiger partial charge < -0.3 is 25.3 Å². The monoisotopic (exact) mass is 395 g/mol. The van der Waals surface area contributed by atoms with Gasteiger partial charge in [0.2, 0.25) is 10.0 Å². The van der Waals surface area contributed by atoms with Crippen LogP contribution in [0.5, 0.6) is 17.2 Å². The Balaban J connectivity index is 2.20. The molecule has 0 heterocycles. The van der Waals surface area contributed by atoms with Crippen LogP contribution in [0.1, 0.15) is 5.56 Å². The quantitative estimate of drug-likeness (QED) is 0.624. The van der Waals surface area contributed by atoms with Crippen molar-refractivity contribution >= 4 is 21.7 Å². The van der Waals surface area contributed by atoms with Crippen LogP contribution in [-0.4, -0.2) is 35.8 Å². The number of methoxy groups -OCH3 is 3. The van der Waals surface area contributed by atoms with E-state index in [0.29, 0.717) is 28.5 Å². The van der Waals surface area contributed by atoms with Gasteiger partial charge in [0, 0.05) is 23.9 Å². The Hall–Kier alpha value is -2.98. The molecule has 0 aliphatic carbocycles. The number of primary amides is 1. The lowest BCUT2D eigenvalue weighted by atomic mass is 10.1. The number of ether oxygens (including phenoxy) is 3. The zero-order valence-electron chi connectivity index (χ0n) is 15.1. The Morgan fingerprint density at radius 3 is 2.04 bits per heavy atom. The second-order valence-electron chi connectivity index (χ2n) is 5.36. The summed E-state index contributed by atoms with van der Waals surface area (Å²) in [6.45, 7) is -0.0207. The Labute approximate surface area is 157 Å². The van der Waals surface area contributed by atoms with Gasteiger partial charge >= 0.3 is 6.03 Å². The maximum atomic E-state index is 12.5. The number of rotatable bonds is 8. The Bertz CT molecular complexity index is 913. The van der Waals surface area contributed by atoms with E-state index in [2.05, 4.69) is 10.0 Å². The van der Waals surface area contributed by atoms with Crippen molar-refractivity contribution in [3.05, 3.63) is 42.0 Å². The maximum absolute atomic E-state index is 12.5. The lowest BCUT2D eigenvalue weighted by Gasteiger charge is -2.15. The number of hydrogen-bond acceptors (Lipinski definition) is 6. The number of urea groups is 1. The second-order valence-corrected chi connectivity index (χ2v) is 7.12. The van der Waals surface area contributed by atoms with Gasteiger partial charge in [0.25, 0.3) is 0 Å². The summed E-state index contributed by atoms with van der Waals surface area (Å²) in [4.78, 5) is 10.9. The van der Waals surface area contributed by atoms with Crippen LogP contribution in [0.15, 0.2) is 41.3 Å². The first-order valence-electron chi connectivity index (χ1n) is 7.75. The van der Waals surface area contributed by atoms with Gasteiger partial charge in [-0.25, -0.2) is 17.9 Å². The molecule has 4 N–H and O–H groups in total. The highest BCUT2D eigenvalue weighted by atomic mass is 32.2. The third kappa shape index (κ3) is 5.02. The molecule has 2 rings (SSSR count). The van der Waals surface area contributed by atoms with E-state index < -0.39 is 16.1 Å². The smallest absolute Gasteiger partial charge is 0.316 e. The summed E-state index contributed by atoms with van der Waals surface area (Å²) in [6, 6.07) is 8.13. The summed E-state index contributed by atoms with van der Waals surface area (Å²) in [6.07, 6.45) is 0. The van der Waals surface area contributed by atoms with Crippen LogP contribution >= 0.6 is 0 Å². The fourth-order valence-electron chi connectivity index (χ4n) is 2.35. The van der Waals surface area contributed by atoms with E-state index in [0.717, 1.165) is 0 Å². The van der Waals surface area contributed by atoms with Gasteiger partial charge in [-0.05, 0) is 30.3 Å². The van der Waals surface area contributed by atoms with Gasteiger partial charge in [0.15, 0.2) is 11.5 Å². The van der Waals surface area contributed by atoms with Crippen LogP contribution in [0, 0.1) is 0 Å². The number of anilines is 1. The number of hydrogen-bond donors (Lipinski definition) is 3. The van der Waals surface area contributed by atoms with Crippen LogP contribution in [0.25, 0.3) is 0 Å². The lowest BCUT2D eigenvalue weighted by Crippen LogP contribution is -2.24. The van der Waals surface area contributed by atoms with Gasteiger partial charge in [-0.1, -0.05) is 0 Å². The first kappa shape index (κ1) is 20.3. The Morgan fingerprint density at radius 1 is 0.963 bits per heavy atom. The Kier molecular flexibility index (Phi) is 6.48. The third-order valence-electron chi connectivity index (χ3n) is 3.67. The van der Waals surface area contributed by atoms with Gasteiger partial charge in [0.1, 0.15) is 5.75 Å². The number of carbonyl (C=O) groups is 1. The van der Waals surface area contributed by atoms with Crippen molar-refractivity contribution in [2.24, 2.45) is 5.73 Å². The average Bonchev–Trinajstić information content (AvgIpc) is 2.65. The van der Waals surface area contributed by atoms with Crippen molar-refractivity contribution in [3.63, 3.8) is 0 Å². The number of nitrogens with one attached hydrogen (secondary N) is 2. The predicted octanol–water partition coefficient (Wildman–Crippen LogP) is 1.68. The molecular formula is C17H21N3O6S. The molecule has 0 radical (unpaired) electrons. The molecule has 0 aromatic heterocycles. The minimum Gasteiger partial charge on any atom is -0.496 e. The molecule has 9 nitrogen and oxygen atoms in total. The van der Waals surface area contributed by atoms with Crippen molar-refractivity contribution in [3.8, 4) is 17.2 Å². The molecule has 146 valence electrons. The van der Waals surface area contributed by atoms with E-state index in [9.17, 15) is 13.2 Å². The van der Waals surface area contributed by atoms with Crippen molar-refractivity contribution < 1.29 is 27.4 Å². The molecule has 0 atom stereocenters. The average molecular weight is 395 g/mol. The molecular weight excluding hydrogens is 374 g/mol. The highest BCUT2D eigenvalue weighted by Crippen LogP contribution is 2.34. The van der Waals surface area contributed by atoms with Crippen LogP contribution in [0.2, 0.25) is 0 Å². The fraction of sp³-hybridized carbons (Fsp3) is 0.235. The zero-order valence-corrected chi connectivity index (χ0v) is 15.9. The highest BCUT2D eigenvalue weighted by Gasteiger charge is 2.17. The molecule has 0 unspecified atom stereocenters. The molecule has 2 amide bonds. The van der Waals surface area contributed by atoms with Gasteiger partial charge in [-0.15, -0.1) is 0 Å². The van der Waals surface area contributed by atoms with Crippen molar-refractivity contribution in [1.82, 2.24) is 4.72 Å². The van der Waals surface area contributed by atoms with Gasteiger partial charge in [0.05, 0.1) is 26.2 Å². The van der Waals surface area contributed by atoms with Crippen molar-refractivity contribution in [2.75, 3.05) is 26.6 Å². The summed E-state index contributed by atoms with van der Waals surface area (Å²) in [5.41, 5.74) is 5.99. The molecule has 2 aromatic rings. The van der Waals surface area contributed by atoms with Gasteiger partial charge in [-0.3, -0.25) is 0 Å². The topological polar surface area (TPSA) is 129 Å². The van der Waals surface area contributed by atoms with Crippen molar-refractivity contribution in [1.29, 1.82) is 0 Å².